The quantitative estimate of drug-likeness (QED) is 0.813. The fourth-order valence-electron chi connectivity index (χ4n) is 1.74. The van der Waals surface area contributed by atoms with Crippen LogP contribution in [0.25, 0.3) is 0 Å². The molecular weight excluding hydrogens is 365 g/mol. The Hall–Kier alpha value is -1.56. The van der Waals surface area contributed by atoms with Gasteiger partial charge in [0.1, 0.15) is 5.75 Å². The molecule has 2 aromatic rings. The van der Waals surface area contributed by atoms with E-state index in [1.807, 2.05) is 55.5 Å². The molecule has 0 aliphatic heterocycles. The molecule has 0 aromatic heterocycles. The van der Waals surface area contributed by atoms with Crippen LogP contribution >= 0.6 is 22.6 Å². The molecule has 3 nitrogen and oxygen atoms in total. The molecule has 0 fully saturated rings. The summed E-state index contributed by atoms with van der Waals surface area (Å²) in [5, 5.41) is 2.85. The molecule has 0 saturated carbocycles. The molecule has 0 heterocycles. The van der Waals surface area contributed by atoms with Gasteiger partial charge in [0.25, 0.3) is 5.91 Å². The predicted octanol–water partition coefficient (Wildman–Crippen LogP) is 4.01. The van der Waals surface area contributed by atoms with Gasteiger partial charge in [-0.25, -0.2) is 0 Å². The average Bonchev–Trinajstić information content (AvgIpc) is 2.41. The van der Waals surface area contributed by atoms with E-state index in [-0.39, 0.29) is 5.91 Å². The Labute approximate surface area is 132 Å². The average molecular weight is 381 g/mol. The number of hydrogen-bond donors (Lipinski definition) is 1. The number of rotatable bonds is 4. The first-order valence-corrected chi connectivity index (χ1v) is 7.43. The summed E-state index contributed by atoms with van der Waals surface area (Å²) in [6, 6.07) is 15.3. The van der Waals surface area contributed by atoms with Gasteiger partial charge in [0.15, 0.2) is 6.10 Å². The number of halogens is 1. The number of ether oxygens (including phenoxy) is 1. The number of aryl methyl sites for hydroxylation is 1. The molecule has 0 spiro atoms. The van der Waals surface area contributed by atoms with Gasteiger partial charge in [-0.1, -0.05) is 24.3 Å². The lowest BCUT2D eigenvalue weighted by Gasteiger charge is -2.16. The summed E-state index contributed by atoms with van der Waals surface area (Å²) in [5.41, 5.74) is 1.79. The maximum Gasteiger partial charge on any atom is 0.265 e. The number of anilines is 1. The van der Waals surface area contributed by atoms with Crippen LogP contribution in [0.3, 0.4) is 0 Å². The smallest absolute Gasteiger partial charge is 0.265 e. The molecule has 0 aliphatic rings. The van der Waals surface area contributed by atoms with Crippen molar-refractivity contribution in [3.05, 3.63) is 57.7 Å². The molecule has 2 aromatic carbocycles. The highest BCUT2D eigenvalue weighted by Crippen LogP contribution is 2.18. The first kappa shape index (κ1) is 14.8. The third-order valence-corrected chi connectivity index (χ3v) is 3.53. The normalized spacial score (nSPS) is 11.8. The number of carbonyl (C=O) groups excluding carboxylic acids is 1. The van der Waals surface area contributed by atoms with Crippen molar-refractivity contribution < 1.29 is 9.53 Å². The Bertz CT molecular complexity index is 613. The fraction of sp³-hybridized carbons (Fsp3) is 0.188. The molecule has 20 heavy (non-hydrogen) atoms. The Morgan fingerprint density at radius 3 is 2.65 bits per heavy atom. The number of amides is 1. The maximum atomic E-state index is 12.1. The van der Waals surface area contributed by atoms with Gasteiger partial charge in [-0.3, -0.25) is 4.79 Å². The van der Waals surface area contributed by atoms with Crippen LogP contribution in [0.5, 0.6) is 5.75 Å². The highest BCUT2D eigenvalue weighted by atomic mass is 127. The van der Waals surface area contributed by atoms with Crippen molar-refractivity contribution in [1.29, 1.82) is 0 Å². The van der Waals surface area contributed by atoms with Gasteiger partial charge in [-0.05, 0) is 66.3 Å². The van der Waals surface area contributed by atoms with Crippen molar-refractivity contribution in [2.24, 2.45) is 0 Å². The summed E-state index contributed by atoms with van der Waals surface area (Å²) in [7, 11) is 0. The Morgan fingerprint density at radius 2 is 1.95 bits per heavy atom. The third kappa shape index (κ3) is 3.96. The van der Waals surface area contributed by atoms with Crippen molar-refractivity contribution in [3.8, 4) is 5.75 Å². The topological polar surface area (TPSA) is 38.3 Å². The van der Waals surface area contributed by atoms with Crippen molar-refractivity contribution in [1.82, 2.24) is 0 Å². The van der Waals surface area contributed by atoms with Gasteiger partial charge in [-0.2, -0.15) is 0 Å². The molecule has 0 bridgehead atoms. The highest BCUT2D eigenvalue weighted by molar-refractivity contribution is 14.1. The minimum atomic E-state index is -0.547. The highest BCUT2D eigenvalue weighted by Gasteiger charge is 2.15. The first-order chi connectivity index (χ1) is 9.56. The standard InChI is InChI=1S/C16H16INO2/c1-11-6-3-4-9-15(11)20-12(2)16(19)18-14-8-5-7-13(17)10-14/h3-10,12H,1-2H3,(H,18,19)/t12-/m0/s1. The van der Waals surface area contributed by atoms with E-state index in [1.54, 1.807) is 6.92 Å². The van der Waals surface area contributed by atoms with E-state index < -0.39 is 6.10 Å². The Morgan fingerprint density at radius 1 is 1.20 bits per heavy atom. The minimum absolute atomic E-state index is 0.157. The third-order valence-electron chi connectivity index (χ3n) is 2.86. The number of nitrogens with one attached hydrogen (secondary N) is 1. The van der Waals surface area contributed by atoms with Crippen LogP contribution < -0.4 is 10.1 Å². The molecule has 1 atom stereocenters. The lowest BCUT2D eigenvalue weighted by Crippen LogP contribution is -2.30. The Kier molecular flexibility index (Phi) is 5.00. The number of carbonyl (C=O) groups is 1. The summed E-state index contributed by atoms with van der Waals surface area (Å²) in [6.45, 7) is 3.70. The monoisotopic (exact) mass is 381 g/mol. The van der Waals surface area contributed by atoms with Crippen molar-refractivity contribution in [2.75, 3.05) is 5.32 Å². The lowest BCUT2D eigenvalue weighted by molar-refractivity contribution is -0.122. The SMILES string of the molecule is Cc1ccccc1O[C@@H](C)C(=O)Nc1cccc(I)c1. The fourth-order valence-corrected chi connectivity index (χ4v) is 2.29. The molecular formula is C16H16INO2. The predicted molar refractivity (Wildman–Crippen MR) is 89.1 cm³/mol. The van der Waals surface area contributed by atoms with Crippen molar-refractivity contribution in [2.45, 2.75) is 20.0 Å². The van der Waals surface area contributed by atoms with Crippen molar-refractivity contribution in [3.63, 3.8) is 0 Å². The summed E-state index contributed by atoms with van der Waals surface area (Å²) in [4.78, 5) is 12.1. The van der Waals surface area contributed by atoms with E-state index in [0.29, 0.717) is 0 Å². The van der Waals surface area contributed by atoms with E-state index >= 15 is 0 Å². The molecule has 0 saturated heterocycles. The molecule has 1 N–H and O–H groups in total. The van der Waals surface area contributed by atoms with Gasteiger partial charge in [0.05, 0.1) is 0 Å². The van der Waals surface area contributed by atoms with Crippen LogP contribution in [0.1, 0.15) is 12.5 Å². The number of hydrogen-bond acceptors (Lipinski definition) is 2. The maximum absolute atomic E-state index is 12.1. The van der Waals surface area contributed by atoms with Crippen LogP contribution in [0.4, 0.5) is 5.69 Å². The zero-order chi connectivity index (χ0) is 14.5. The van der Waals surface area contributed by atoms with Gasteiger partial charge in [0, 0.05) is 9.26 Å². The van der Waals surface area contributed by atoms with E-state index in [4.69, 9.17) is 4.74 Å². The van der Waals surface area contributed by atoms with Crippen LogP contribution in [-0.2, 0) is 4.79 Å². The molecule has 0 aliphatic carbocycles. The lowest BCUT2D eigenvalue weighted by atomic mass is 10.2. The van der Waals surface area contributed by atoms with E-state index in [0.717, 1.165) is 20.6 Å². The zero-order valence-corrected chi connectivity index (χ0v) is 13.5. The first-order valence-electron chi connectivity index (χ1n) is 6.35. The van der Waals surface area contributed by atoms with Crippen LogP contribution in [0, 0.1) is 10.5 Å². The van der Waals surface area contributed by atoms with Crippen LogP contribution in [0.2, 0.25) is 0 Å². The van der Waals surface area contributed by atoms with Gasteiger partial charge < -0.3 is 10.1 Å². The molecule has 1 amide bonds. The summed E-state index contributed by atoms with van der Waals surface area (Å²) >= 11 is 2.21. The van der Waals surface area contributed by atoms with Gasteiger partial charge >= 0.3 is 0 Å². The second-order valence-corrected chi connectivity index (χ2v) is 5.77. The number of para-hydroxylation sites is 1. The number of benzene rings is 2. The molecule has 0 unspecified atom stereocenters. The van der Waals surface area contributed by atoms with Crippen LogP contribution in [-0.4, -0.2) is 12.0 Å². The Balaban J connectivity index is 2.01. The second kappa shape index (κ2) is 6.74. The van der Waals surface area contributed by atoms with E-state index in [9.17, 15) is 4.79 Å². The molecule has 0 radical (unpaired) electrons. The summed E-state index contributed by atoms with van der Waals surface area (Å²) in [6.07, 6.45) is -0.547. The summed E-state index contributed by atoms with van der Waals surface area (Å²) < 4.78 is 6.77. The van der Waals surface area contributed by atoms with Gasteiger partial charge in [-0.15, -0.1) is 0 Å². The van der Waals surface area contributed by atoms with E-state index in [1.165, 1.54) is 0 Å². The van der Waals surface area contributed by atoms with Gasteiger partial charge in [0.2, 0.25) is 0 Å². The van der Waals surface area contributed by atoms with Crippen molar-refractivity contribution >= 4 is 34.2 Å². The van der Waals surface area contributed by atoms with E-state index in [2.05, 4.69) is 27.9 Å². The zero-order valence-electron chi connectivity index (χ0n) is 11.4. The van der Waals surface area contributed by atoms with Crippen LogP contribution in [0.15, 0.2) is 48.5 Å². The largest absolute Gasteiger partial charge is 0.481 e. The minimum Gasteiger partial charge on any atom is -0.481 e. The molecule has 104 valence electrons. The second-order valence-electron chi connectivity index (χ2n) is 4.53. The molecule has 4 heteroatoms. The molecule has 2 rings (SSSR count). The summed E-state index contributed by atoms with van der Waals surface area (Å²) in [5.74, 6) is 0.577.